The Bertz CT molecular complexity index is 1510. The van der Waals surface area contributed by atoms with E-state index in [-0.39, 0.29) is 30.7 Å². The lowest BCUT2D eigenvalue weighted by molar-refractivity contribution is -0.145. The molecule has 1 saturated heterocycles. The maximum atomic E-state index is 14.1. The van der Waals surface area contributed by atoms with Crippen LogP contribution in [0.4, 0.5) is 4.79 Å². The van der Waals surface area contributed by atoms with E-state index in [1.807, 2.05) is 0 Å². The minimum atomic E-state index is -1.24. The zero-order valence-electron chi connectivity index (χ0n) is 30.6. The summed E-state index contributed by atoms with van der Waals surface area (Å²) in [6.45, 7) is 11.9. The molecule has 0 radical (unpaired) electrons. The lowest BCUT2D eigenvalue weighted by atomic mass is 9.85. The van der Waals surface area contributed by atoms with Crippen LogP contribution in [-0.2, 0) is 33.5 Å². The van der Waals surface area contributed by atoms with Crippen LogP contribution >= 0.6 is 31.9 Å². The van der Waals surface area contributed by atoms with Gasteiger partial charge in [-0.05, 0) is 38.2 Å². The molecule has 1 heterocycles. The van der Waals surface area contributed by atoms with Gasteiger partial charge in [0.05, 0.1) is 15.8 Å². The van der Waals surface area contributed by atoms with E-state index in [4.69, 9.17) is 4.74 Å². The summed E-state index contributed by atoms with van der Waals surface area (Å²) in [6.07, 6.45) is -0.225. The first-order valence-corrected chi connectivity index (χ1v) is 18.5. The SMILES string of the molecule is CCCC(NC(=O)[C@@H]1[C@@H]2[C@H](CN1C(=O)[C@@H](NC(=O)OC(C)(C)C)C(C)(C)C)C2(Br)Br)C(=O)C(=O)NCC(=O)N[C@H](C(=O)N(C)C)c1ccccc1. The summed E-state index contributed by atoms with van der Waals surface area (Å²) in [4.78, 5) is 95.5. The molecular formula is C35H50Br2N6O8. The van der Waals surface area contributed by atoms with E-state index < -0.39 is 80.5 Å². The highest BCUT2D eigenvalue weighted by molar-refractivity contribution is 9.25. The third-order valence-electron chi connectivity index (χ3n) is 8.63. The molecule has 14 nitrogen and oxygen atoms in total. The summed E-state index contributed by atoms with van der Waals surface area (Å²) >= 11 is 7.23. The van der Waals surface area contributed by atoms with Gasteiger partial charge < -0.3 is 35.8 Å². The number of nitrogens with zero attached hydrogens (tertiary/aromatic N) is 2. The number of piperidine rings is 1. The van der Waals surface area contributed by atoms with Gasteiger partial charge in [0.2, 0.25) is 29.4 Å². The fourth-order valence-electron chi connectivity index (χ4n) is 6.00. The van der Waals surface area contributed by atoms with E-state index in [0.29, 0.717) is 12.0 Å². The molecule has 1 aromatic carbocycles. The van der Waals surface area contributed by atoms with Crippen molar-refractivity contribution < 1.29 is 38.3 Å². The van der Waals surface area contributed by atoms with Crippen molar-refractivity contribution in [2.24, 2.45) is 17.3 Å². The maximum absolute atomic E-state index is 14.1. The van der Waals surface area contributed by atoms with E-state index in [1.165, 1.54) is 9.80 Å². The van der Waals surface area contributed by atoms with Crippen LogP contribution in [0.1, 0.15) is 72.9 Å². The molecule has 1 saturated carbocycles. The molecule has 51 heavy (non-hydrogen) atoms. The molecule has 282 valence electrons. The van der Waals surface area contributed by atoms with E-state index in [1.54, 1.807) is 92.9 Å². The number of likely N-dealkylation sites (tertiary alicyclic amines) is 1. The average molecular weight is 843 g/mol. The number of nitrogens with one attached hydrogen (secondary N) is 4. The Morgan fingerprint density at radius 3 is 2.10 bits per heavy atom. The predicted octanol–water partition coefficient (Wildman–Crippen LogP) is 2.78. The third-order valence-corrected chi connectivity index (χ3v) is 10.9. The summed E-state index contributed by atoms with van der Waals surface area (Å²) in [5.74, 6) is -4.75. The quantitative estimate of drug-likeness (QED) is 0.173. The average Bonchev–Trinajstić information content (AvgIpc) is 3.33. The summed E-state index contributed by atoms with van der Waals surface area (Å²) < 4.78 is 4.79. The zero-order valence-corrected chi connectivity index (χ0v) is 33.8. The summed E-state index contributed by atoms with van der Waals surface area (Å²) in [6, 6.07) is 4.27. The monoisotopic (exact) mass is 840 g/mol. The Morgan fingerprint density at radius 2 is 1.57 bits per heavy atom. The van der Waals surface area contributed by atoms with Crippen molar-refractivity contribution in [2.45, 2.75) is 94.3 Å². The second-order valence-electron chi connectivity index (χ2n) is 15.2. The molecule has 1 unspecified atom stereocenters. The molecule has 1 aliphatic heterocycles. The number of ether oxygens (including phenoxy) is 1. The maximum Gasteiger partial charge on any atom is 0.408 e. The Labute approximate surface area is 316 Å². The molecule has 0 bridgehead atoms. The van der Waals surface area contributed by atoms with Crippen LogP contribution in [0, 0.1) is 17.3 Å². The number of ketones is 1. The van der Waals surface area contributed by atoms with Crippen molar-refractivity contribution >= 4 is 73.3 Å². The van der Waals surface area contributed by atoms with Gasteiger partial charge in [0.25, 0.3) is 5.91 Å². The number of benzene rings is 1. The first-order chi connectivity index (χ1) is 23.5. The van der Waals surface area contributed by atoms with Crippen LogP contribution in [0.3, 0.4) is 0 Å². The van der Waals surface area contributed by atoms with Gasteiger partial charge in [-0.3, -0.25) is 28.8 Å². The van der Waals surface area contributed by atoms with Gasteiger partial charge in [-0.15, -0.1) is 0 Å². The lowest BCUT2D eigenvalue weighted by Crippen LogP contribution is -2.61. The van der Waals surface area contributed by atoms with E-state index in [2.05, 4.69) is 53.1 Å². The molecule has 2 fully saturated rings. The number of Topliss-reactive ketones (excluding diaryl/α,β-unsaturated/α-hetero) is 1. The highest BCUT2D eigenvalue weighted by Crippen LogP contribution is 2.67. The van der Waals surface area contributed by atoms with Gasteiger partial charge in [-0.25, -0.2) is 4.79 Å². The van der Waals surface area contributed by atoms with Gasteiger partial charge in [0, 0.05) is 32.5 Å². The second kappa shape index (κ2) is 16.4. The van der Waals surface area contributed by atoms with Gasteiger partial charge in [0.1, 0.15) is 23.7 Å². The molecule has 4 N–H and O–H groups in total. The van der Waals surface area contributed by atoms with Crippen molar-refractivity contribution in [2.75, 3.05) is 27.2 Å². The van der Waals surface area contributed by atoms with Crippen molar-refractivity contribution in [3.05, 3.63) is 35.9 Å². The molecule has 6 atom stereocenters. The first-order valence-electron chi connectivity index (χ1n) is 16.9. The smallest absolute Gasteiger partial charge is 0.408 e. The van der Waals surface area contributed by atoms with Gasteiger partial charge in [0.15, 0.2) is 0 Å². The minimum Gasteiger partial charge on any atom is -0.444 e. The third kappa shape index (κ3) is 10.5. The number of fused-ring (bicyclic) bond motifs is 1. The molecule has 16 heteroatoms. The van der Waals surface area contributed by atoms with E-state index >= 15 is 0 Å². The summed E-state index contributed by atoms with van der Waals surface area (Å²) in [5, 5.41) is 10.3. The lowest BCUT2D eigenvalue weighted by Gasteiger charge is -2.37. The molecule has 1 aliphatic carbocycles. The number of amides is 6. The van der Waals surface area contributed by atoms with Crippen LogP contribution < -0.4 is 21.3 Å². The predicted molar refractivity (Wildman–Crippen MR) is 197 cm³/mol. The van der Waals surface area contributed by atoms with Crippen LogP contribution in [0.5, 0.6) is 0 Å². The minimum absolute atomic E-state index is 0.116. The number of hydrogen-bond acceptors (Lipinski definition) is 8. The number of rotatable bonds is 13. The standard InChI is InChI=1S/C35H50Br2N6O8/c1-10-14-21(26(45)29(47)38-17-22(44)40-24(30(48)42(8)9)19-15-12-11-13-16-19)39-28(46)25-23-20(35(23,36)37)18-43(25)31(49)27(33(2,3)4)41-32(50)51-34(5,6)7/h11-13,15-16,20-21,23-25,27H,10,14,17-18H2,1-9H3,(H,38,47)(H,39,46)(H,40,44)(H,41,50)/t20-,21?,23-,24-,25-,27+/m0/s1. The highest BCUT2D eigenvalue weighted by Gasteiger charge is 2.73. The molecule has 1 aromatic rings. The molecule has 0 spiro atoms. The zero-order chi connectivity index (χ0) is 38.6. The number of alkyl carbamates (subject to hydrolysis) is 1. The Kier molecular flexibility index (Phi) is 13.5. The topological polar surface area (TPSA) is 183 Å². The largest absolute Gasteiger partial charge is 0.444 e. The number of carbonyl (C=O) groups excluding carboxylic acids is 7. The number of halogens is 2. The van der Waals surface area contributed by atoms with Crippen LogP contribution in [0.25, 0.3) is 0 Å². The second-order valence-corrected chi connectivity index (χ2v) is 18.9. The van der Waals surface area contributed by atoms with Crippen LogP contribution in [0.2, 0.25) is 0 Å². The van der Waals surface area contributed by atoms with Gasteiger partial charge in [-0.2, -0.15) is 0 Å². The Balaban J connectivity index is 1.73. The van der Waals surface area contributed by atoms with Crippen molar-refractivity contribution in [1.82, 2.24) is 31.1 Å². The number of hydrogen-bond donors (Lipinski definition) is 4. The molecule has 2 aliphatic rings. The van der Waals surface area contributed by atoms with Gasteiger partial charge in [-0.1, -0.05) is 96.3 Å². The highest BCUT2D eigenvalue weighted by atomic mass is 79.9. The fourth-order valence-corrected chi connectivity index (χ4v) is 7.73. The number of carbonyl (C=O) groups is 7. The summed E-state index contributed by atoms with van der Waals surface area (Å²) in [5.41, 5.74) is -1.01. The number of alkyl halides is 2. The van der Waals surface area contributed by atoms with Crippen molar-refractivity contribution in [3.63, 3.8) is 0 Å². The van der Waals surface area contributed by atoms with Crippen LogP contribution in [-0.4, -0.2) is 105 Å². The fraction of sp³-hybridized carbons (Fsp3) is 0.629. The van der Waals surface area contributed by atoms with E-state index in [9.17, 15) is 33.6 Å². The van der Waals surface area contributed by atoms with Gasteiger partial charge >= 0.3 is 6.09 Å². The van der Waals surface area contributed by atoms with E-state index in [0.717, 1.165) is 0 Å². The van der Waals surface area contributed by atoms with Crippen molar-refractivity contribution in [1.29, 1.82) is 0 Å². The normalized spacial score (nSPS) is 20.8. The molecule has 3 rings (SSSR count). The molecule has 0 aromatic heterocycles. The van der Waals surface area contributed by atoms with Crippen molar-refractivity contribution in [3.8, 4) is 0 Å². The summed E-state index contributed by atoms with van der Waals surface area (Å²) in [7, 11) is 3.10. The van der Waals surface area contributed by atoms with Crippen LogP contribution in [0.15, 0.2) is 30.3 Å². The Morgan fingerprint density at radius 1 is 0.961 bits per heavy atom. The molecular weight excluding hydrogens is 792 g/mol. The molecule has 6 amide bonds. The number of likely N-dealkylation sites (N-methyl/N-ethyl adjacent to an activating group) is 1. The first kappa shape index (κ1) is 41.9. The Hall–Kier alpha value is -3.53.